The normalized spacial score (nSPS) is 9.33. The lowest BCUT2D eigenvalue weighted by Crippen LogP contribution is -2.23. The fourth-order valence-electron chi connectivity index (χ4n) is 1.22. The number of amidine groups is 1. The summed E-state index contributed by atoms with van der Waals surface area (Å²) < 4.78 is 5.10. The van der Waals surface area contributed by atoms with Gasteiger partial charge in [0.05, 0.1) is 12.7 Å². The number of benzene rings is 1. The molecule has 1 rings (SSSR count). The molecule has 0 atom stereocenters. The van der Waals surface area contributed by atoms with E-state index in [1.165, 1.54) is 18.9 Å². The van der Waals surface area contributed by atoms with E-state index in [1.54, 1.807) is 18.2 Å². The average molecular weight is 263 g/mol. The number of nitrogens with zero attached hydrogens (tertiary/aromatic N) is 2. The van der Waals surface area contributed by atoms with E-state index in [1.807, 2.05) is 6.07 Å². The van der Waals surface area contributed by atoms with Crippen LogP contribution in [-0.4, -0.2) is 18.2 Å². The molecule has 0 amide bonds. The highest BCUT2D eigenvalue weighted by atomic mass is 32.2. The van der Waals surface area contributed by atoms with E-state index < -0.39 is 0 Å². The van der Waals surface area contributed by atoms with Crippen molar-refractivity contribution in [3.8, 4) is 11.8 Å². The average Bonchev–Trinajstić information content (AvgIpc) is 2.35. The molecule has 94 valence electrons. The van der Waals surface area contributed by atoms with Crippen molar-refractivity contribution in [3.63, 3.8) is 0 Å². The van der Waals surface area contributed by atoms with Crippen molar-refractivity contribution in [1.82, 2.24) is 0 Å². The van der Waals surface area contributed by atoms with E-state index in [0.717, 1.165) is 5.56 Å². The summed E-state index contributed by atoms with van der Waals surface area (Å²) in [6.07, 6.45) is 0. The summed E-state index contributed by atoms with van der Waals surface area (Å²) in [7, 11) is 1.51. The zero-order chi connectivity index (χ0) is 13.5. The molecule has 6 nitrogen and oxygen atoms in total. The molecule has 0 saturated carbocycles. The Morgan fingerprint density at radius 3 is 2.83 bits per heavy atom. The second kappa shape index (κ2) is 6.51. The predicted octanol–water partition coefficient (Wildman–Crippen LogP) is 1.01. The van der Waals surface area contributed by atoms with Gasteiger partial charge in [-0.2, -0.15) is 10.3 Å². The fraction of sp³-hybridized carbons (Fsp3) is 0.182. The van der Waals surface area contributed by atoms with E-state index >= 15 is 0 Å². The Morgan fingerprint density at radius 1 is 1.56 bits per heavy atom. The van der Waals surface area contributed by atoms with Gasteiger partial charge in [0, 0.05) is 5.75 Å². The van der Waals surface area contributed by atoms with Crippen LogP contribution in [0.1, 0.15) is 11.1 Å². The van der Waals surface area contributed by atoms with E-state index in [-0.39, 0.29) is 11.1 Å². The van der Waals surface area contributed by atoms with Crippen LogP contribution >= 0.6 is 11.8 Å². The minimum absolute atomic E-state index is 0.0401. The van der Waals surface area contributed by atoms with Crippen molar-refractivity contribution in [1.29, 1.82) is 10.7 Å². The lowest BCUT2D eigenvalue weighted by atomic mass is 10.1. The number of rotatable bonds is 3. The third-order valence-electron chi connectivity index (χ3n) is 1.99. The van der Waals surface area contributed by atoms with Crippen LogP contribution in [0.2, 0.25) is 0 Å². The van der Waals surface area contributed by atoms with Crippen molar-refractivity contribution in [2.24, 2.45) is 16.5 Å². The zero-order valence-electron chi connectivity index (χ0n) is 9.80. The molecule has 0 aliphatic carbocycles. The maximum Gasteiger partial charge on any atom is 0.193 e. The summed E-state index contributed by atoms with van der Waals surface area (Å²) in [5.41, 5.74) is 11.7. The highest BCUT2D eigenvalue weighted by Gasteiger charge is 2.05. The van der Waals surface area contributed by atoms with Gasteiger partial charge < -0.3 is 16.2 Å². The molecule has 5 N–H and O–H groups in total. The Kier molecular flexibility index (Phi) is 5.02. The minimum Gasteiger partial charge on any atom is -0.495 e. The van der Waals surface area contributed by atoms with Crippen molar-refractivity contribution < 1.29 is 4.74 Å². The number of ether oxygens (including phenoxy) is 1. The van der Waals surface area contributed by atoms with Gasteiger partial charge in [0.1, 0.15) is 11.8 Å². The Hall–Kier alpha value is -2.20. The second-order valence-electron chi connectivity index (χ2n) is 3.28. The maximum absolute atomic E-state index is 8.84. The molecule has 0 spiro atoms. The topological polar surface area (TPSA) is 121 Å². The van der Waals surface area contributed by atoms with Crippen LogP contribution in [0.3, 0.4) is 0 Å². The molecule has 0 aliphatic heterocycles. The molecule has 0 fully saturated rings. The SMILES string of the molecule is COc1cc(CSC(=N)N=C(N)N)ccc1C#N. The molecule has 0 saturated heterocycles. The Bertz CT molecular complexity index is 517. The van der Waals surface area contributed by atoms with Crippen LogP contribution in [0.25, 0.3) is 0 Å². The number of nitriles is 1. The van der Waals surface area contributed by atoms with Gasteiger partial charge in [0.25, 0.3) is 0 Å². The quantitative estimate of drug-likeness (QED) is 0.555. The van der Waals surface area contributed by atoms with Crippen molar-refractivity contribution in [3.05, 3.63) is 29.3 Å². The molecule has 1 aromatic rings. The predicted molar refractivity (Wildman–Crippen MR) is 72.5 cm³/mol. The first-order valence-corrected chi connectivity index (χ1v) is 5.93. The summed E-state index contributed by atoms with van der Waals surface area (Å²) >= 11 is 1.19. The number of nitrogens with one attached hydrogen (secondary N) is 1. The minimum atomic E-state index is -0.134. The molecule has 18 heavy (non-hydrogen) atoms. The number of hydrogen-bond acceptors (Lipinski definition) is 4. The van der Waals surface area contributed by atoms with Crippen molar-refractivity contribution >= 4 is 22.9 Å². The molecular weight excluding hydrogens is 250 g/mol. The highest BCUT2D eigenvalue weighted by Crippen LogP contribution is 2.22. The van der Waals surface area contributed by atoms with Crippen LogP contribution in [0.5, 0.6) is 5.75 Å². The molecule has 0 bridgehead atoms. The molecule has 0 unspecified atom stereocenters. The molecule has 7 heteroatoms. The zero-order valence-corrected chi connectivity index (χ0v) is 10.6. The van der Waals surface area contributed by atoms with Gasteiger partial charge in [0.15, 0.2) is 11.1 Å². The Balaban J connectivity index is 2.72. The van der Waals surface area contributed by atoms with Crippen LogP contribution in [0, 0.1) is 16.7 Å². The first-order chi connectivity index (χ1) is 8.56. The standard InChI is InChI=1S/C11H13N5OS/c1-17-9-4-7(2-3-8(9)5-12)6-18-11(15)16-10(13)14/h2-4H,6H2,1H3,(H5,13,14,15,16). The van der Waals surface area contributed by atoms with Gasteiger partial charge >= 0.3 is 0 Å². The van der Waals surface area contributed by atoms with Gasteiger partial charge in [0.2, 0.25) is 0 Å². The monoisotopic (exact) mass is 263 g/mol. The number of methoxy groups -OCH3 is 1. The lowest BCUT2D eigenvalue weighted by molar-refractivity contribution is 0.413. The number of hydrogen-bond donors (Lipinski definition) is 3. The molecule has 0 radical (unpaired) electrons. The van der Waals surface area contributed by atoms with E-state index in [4.69, 9.17) is 26.9 Å². The molecule has 0 aromatic heterocycles. The largest absolute Gasteiger partial charge is 0.495 e. The van der Waals surface area contributed by atoms with Crippen molar-refractivity contribution in [2.75, 3.05) is 7.11 Å². The summed E-state index contributed by atoms with van der Waals surface area (Å²) in [5.74, 6) is 0.909. The summed E-state index contributed by atoms with van der Waals surface area (Å²) in [6.45, 7) is 0. The van der Waals surface area contributed by atoms with Gasteiger partial charge in [-0.3, -0.25) is 5.41 Å². The lowest BCUT2D eigenvalue weighted by Gasteiger charge is -2.05. The fourth-order valence-corrected chi connectivity index (χ4v) is 1.87. The summed E-state index contributed by atoms with van der Waals surface area (Å²) in [4.78, 5) is 3.60. The van der Waals surface area contributed by atoms with Crippen molar-refractivity contribution in [2.45, 2.75) is 5.75 Å². The third-order valence-corrected chi connectivity index (χ3v) is 2.83. The van der Waals surface area contributed by atoms with Gasteiger partial charge in [-0.1, -0.05) is 17.8 Å². The Labute approximate surface area is 109 Å². The second-order valence-corrected chi connectivity index (χ2v) is 4.24. The first kappa shape index (κ1) is 13.9. The molecule has 0 heterocycles. The number of thioether (sulfide) groups is 1. The highest BCUT2D eigenvalue weighted by molar-refractivity contribution is 8.13. The summed E-state index contributed by atoms with van der Waals surface area (Å²) in [5, 5.41) is 16.4. The smallest absolute Gasteiger partial charge is 0.193 e. The third kappa shape index (κ3) is 3.99. The number of guanidine groups is 1. The van der Waals surface area contributed by atoms with Crippen LogP contribution in [0.15, 0.2) is 23.2 Å². The molecular formula is C11H13N5OS. The Morgan fingerprint density at radius 2 is 2.28 bits per heavy atom. The van der Waals surface area contributed by atoms with E-state index in [9.17, 15) is 0 Å². The summed E-state index contributed by atoms with van der Waals surface area (Å²) in [6, 6.07) is 7.28. The van der Waals surface area contributed by atoms with Gasteiger partial charge in [-0.25, -0.2) is 0 Å². The van der Waals surface area contributed by atoms with Crippen LogP contribution < -0.4 is 16.2 Å². The molecule has 0 aliphatic rings. The van der Waals surface area contributed by atoms with Gasteiger partial charge in [-0.05, 0) is 17.7 Å². The van der Waals surface area contributed by atoms with Crippen LogP contribution in [0.4, 0.5) is 0 Å². The van der Waals surface area contributed by atoms with Crippen LogP contribution in [-0.2, 0) is 5.75 Å². The molecule has 1 aromatic carbocycles. The maximum atomic E-state index is 8.84. The first-order valence-electron chi connectivity index (χ1n) is 4.94. The van der Waals surface area contributed by atoms with E-state index in [0.29, 0.717) is 17.1 Å². The number of aliphatic imine (C=N–C) groups is 1. The van der Waals surface area contributed by atoms with Gasteiger partial charge in [-0.15, -0.1) is 0 Å². The van der Waals surface area contributed by atoms with E-state index in [2.05, 4.69) is 4.99 Å². The number of nitrogens with two attached hydrogens (primary N) is 2.